The summed E-state index contributed by atoms with van der Waals surface area (Å²) in [6.07, 6.45) is 5.89. The number of hydrogen-bond acceptors (Lipinski definition) is 3. The number of ether oxygens (including phenoxy) is 1. The number of hydrogen-bond donors (Lipinski definition) is 1. The second-order valence-electron chi connectivity index (χ2n) is 6.59. The van der Waals surface area contributed by atoms with E-state index in [4.69, 9.17) is 10.00 Å². The van der Waals surface area contributed by atoms with Gasteiger partial charge in [-0.05, 0) is 42.0 Å². The van der Waals surface area contributed by atoms with E-state index >= 15 is 0 Å². The van der Waals surface area contributed by atoms with Crippen LogP contribution >= 0.6 is 0 Å². The lowest BCUT2D eigenvalue weighted by Crippen LogP contribution is -3.08. The molecule has 132 valence electrons. The fourth-order valence-electron chi connectivity index (χ4n) is 3.33. The van der Waals surface area contributed by atoms with Crippen LogP contribution in [0, 0.1) is 11.3 Å². The van der Waals surface area contributed by atoms with Crippen LogP contribution < -0.4 is 9.64 Å². The fourth-order valence-corrected chi connectivity index (χ4v) is 3.33. The van der Waals surface area contributed by atoms with E-state index in [0.717, 1.165) is 23.4 Å². The molecule has 0 aromatic heterocycles. The zero-order chi connectivity index (χ0) is 18.4. The number of allylic oxidation sites excluding steroid dienone is 1. The number of carbonyl (C=O) groups excluding carboxylic acids is 1. The SMILES string of the molecule is COc1ccc(C(=O)/C=C/c2ccc(C#N)cc2)cc1C[NH+]1CCCC1. The summed E-state index contributed by atoms with van der Waals surface area (Å²) >= 11 is 0. The summed E-state index contributed by atoms with van der Waals surface area (Å²) in [4.78, 5) is 14.1. The molecule has 3 rings (SSSR count). The van der Waals surface area contributed by atoms with Gasteiger partial charge in [-0.25, -0.2) is 0 Å². The Hall–Kier alpha value is -2.90. The predicted molar refractivity (Wildman–Crippen MR) is 101 cm³/mol. The Morgan fingerprint density at radius 2 is 1.92 bits per heavy atom. The Morgan fingerprint density at radius 1 is 1.19 bits per heavy atom. The molecule has 1 N–H and O–H groups in total. The van der Waals surface area contributed by atoms with Crippen LogP contribution in [0.3, 0.4) is 0 Å². The maximum absolute atomic E-state index is 12.5. The van der Waals surface area contributed by atoms with Gasteiger partial charge in [-0.15, -0.1) is 0 Å². The minimum absolute atomic E-state index is 0.0327. The highest BCUT2D eigenvalue weighted by Gasteiger charge is 2.18. The largest absolute Gasteiger partial charge is 0.496 e. The van der Waals surface area contributed by atoms with Crippen LogP contribution in [-0.2, 0) is 6.54 Å². The van der Waals surface area contributed by atoms with E-state index in [1.165, 1.54) is 25.9 Å². The Morgan fingerprint density at radius 3 is 2.58 bits per heavy atom. The average Bonchev–Trinajstić information content (AvgIpc) is 3.19. The number of likely N-dealkylation sites (tertiary alicyclic amines) is 1. The molecule has 0 bridgehead atoms. The Bertz CT molecular complexity index is 841. The van der Waals surface area contributed by atoms with Crippen molar-refractivity contribution in [3.05, 3.63) is 70.8 Å². The molecule has 0 atom stereocenters. The van der Waals surface area contributed by atoms with E-state index in [9.17, 15) is 4.79 Å². The lowest BCUT2D eigenvalue weighted by molar-refractivity contribution is -0.901. The summed E-state index contributed by atoms with van der Waals surface area (Å²) in [5.41, 5.74) is 3.26. The van der Waals surface area contributed by atoms with Gasteiger partial charge >= 0.3 is 0 Å². The van der Waals surface area contributed by atoms with Gasteiger partial charge < -0.3 is 9.64 Å². The third kappa shape index (κ3) is 4.38. The molecule has 0 saturated carbocycles. The number of rotatable bonds is 6. The summed E-state index contributed by atoms with van der Waals surface area (Å²) in [6.45, 7) is 3.25. The molecular weight excluding hydrogens is 324 g/mol. The van der Waals surface area contributed by atoms with Crippen molar-refractivity contribution in [1.29, 1.82) is 5.26 Å². The van der Waals surface area contributed by atoms with Gasteiger partial charge in [0.25, 0.3) is 0 Å². The third-order valence-corrected chi connectivity index (χ3v) is 4.78. The van der Waals surface area contributed by atoms with Crippen LogP contribution in [0.5, 0.6) is 5.75 Å². The monoisotopic (exact) mass is 347 g/mol. The van der Waals surface area contributed by atoms with Crippen molar-refractivity contribution in [2.24, 2.45) is 0 Å². The normalized spacial score (nSPS) is 14.5. The van der Waals surface area contributed by atoms with Crippen LogP contribution in [0.1, 0.15) is 39.9 Å². The molecule has 0 spiro atoms. The minimum atomic E-state index is -0.0327. The lowest BCUT2D eigenvalue weighted by Gasteiger charge is -2.15. The summed E-state index contributed by atoms with van der Waals surface area (Å²) in [6, 6.07) is 14.9. The maximum Gasteiger partial charge on any atom is 0.185 e. The number of ketones is 1. The van der Waals surface area contributed by atoms with Gasteiger partial charge in [-0.1, -0.05) is 18.2 Å². The first-order chi connectivity index (χ1) is 12.7. The summed E-state index contributed by atoms with van der Waals surface area (Å²) in [7, 11) is 1.67. The Balaban J connectivity index is 1.75. The molecule has 1 heterocycles. The highest BCUT2D eigenvalue weighted by Crippen LogP contribution is 2.20. The van der Waals surface area contributed by atoms with Crippen LogP contribution in [-0.4, -0.2) is 26.0 Å². The van der Waals surface area contributed by atoms with E-state index in [1.54, 1.807) is 36.3 Å². The smallest absolute Gasteiger partial charge is 0.185 e. The van der Waals surface area contributed by atoms with Crippen LogP contribution in [0.25, 0.3) is 6.08 Å². The molecule has 1 aliphatic heterocycles. The van der Waals surface area contributed by atoms with Gasteiger partial charge in [0.1, 0.15) is 12.3 Å². The van der Waals surface area contributed by atoms with E-state index in [0.29, 0.717) is 11.1 Å². The summed E-state index contributed by atoms with van der Waals surface area (Å²) in [5, 5.41) is 8.83. The quantitative estimate of drug-likeness (QED) is 0.646. The maximum atomic E-state index is 12.5. The van der Waals surface area contributed by atoms with Crippen molar-refractivity contribution in [3.8, 4) is 11.8 Å². The van der Waals surface area contributed by atoms with Gasteiger partial charge in [-0.2, -0.15) is 5.26 Å². The zero-order valence-corrected chi connectivity index (χ0v) is 15.0. The second-order valence-corrected chi connectivity index (χ2v) is 6.59. The van der Waals surface area contributed by atoms with Gasteiger partial charge in [0.2, 0.25) is 0 Å². The summed E-state index contributed by atoms with van der Waals surface area (Å²) < 4.78 is 5.47. The van der Waals surface area contributed by atoms with E-state index in [-0.39, 0.29) is 5.78 Å². The van der Waals surface area contributed by atoms with Gasteiger partial charge in [0.05, 0.1) is 31.8 Å². The van der Waals surface area contributed by atoms with Crippen molar-refractivity contribution < 1.29 is 14.4 Å². The molecular formula is C22H23N2O2+. The van der Waals surface area contributed by atoms with Crippen molar-refractivity contribution in [2.45, 2.75) is 19.4 Å². The third-order valence-electron chi connectivity index (χ3n) is 4.78. The lowest BCUT2D eigenvalue weighted by atomic mass is 10.0. The molecule has 0 unspecified atom stereocenters. The van der Waals surface area contributed by atoms with Crippen molar-refractivity contribution in [2.75, 3.05) is 20.2 Å². The van der Waals surface area contributed by atoms with Crippen LogP contribution in [0.4, 0.5) is 0 Å². The molecule has 0 aliphatic carbocycles. The second kappa shape index (κ2) is 8.46. The van der Waals surface area contributed by atoms with E-state index in [2.05, 4.69) is 6.07 Å². The number of nitriles is 1. The molecule has 4 heteroatoms. The molecule has 1 saturated heterocycles. The van der Waals surface area contributed by atoms with Crippen LogP contribution in [0.2, 0.25) is 0 Å². The number of methoxy groups -OCH3 is 1. The van der Waals surface area contributed by atoms with Gasteiger partial charge in [0, 0.05) is 24.0 Å². The van der Waals surface area contributed by atoms with Crippen LogP contribution in [0.15, 0.2) is 48.5 Å². The highest BCUT2D eigenvalue weighted by molar-refractivity contribution is 6.07. The first-order valence-electron chi connectivity index (χ1n) is 8.92. The molecule has 0 radical (unpaired) electrons. The molecule has 1 aliphatic rings. The Labute approximate surface area is 154 Å². The van der Waals surface area contributed by atoms with Gasteiger partial charge in [0.15, 0.2) is 5.78 Å². The number of nitrogens with one attached hydrogen (secondary N) is 1. The minimum Gasteiger partial charge on any atom is -0.496 e. The number of quaternary nitrogens is 1. The molecule has 2 aromatic carbocycles. The molecule has 4 nitrogen and oxygen atoms in total. The summed E-state index contributed by atoms with van der Waals surface area (Å²) in [5.74, 6) is 0.812. The van der Waals surface area contributed by atoms with E-state index < -0.39 is 0 Å². The van der Waals surface area contributed by atoms with Gasteiger partial charge in [-0.3, -0.25) is 4.79 Å². The molecule has 0 amide bonds. The highest BCUT2D eigenvalue weighted by atomic mass is 16.5. The molecule has 2 aromatic rings. The first kappa shape index (κ1) is 17.9. The standard InChI is InChI=1S/C22H22N2O2/c1-26-22-11-9-19(14-20(22)16-24-12-2-3-13-24)21(25)10-8-17-4-6-18(15-23)7-5-17/h4-11,14H,2-3,12-13,16H2,1H3/p+1/b10-8+. The van der Waals surface area contributed by atoms with Crippen molar-refractivity contribution in [1.82, 2.24) is 0 Å². The zero-order valence-electron chi connectivity index (χ0n) is 15.0. The van der Waals surface area contributed by atoms with Crippen molar-refractivity contribution in [3.63, 3.8) is 0 Å². The average molecular weight is 347 g/mol. The molecule has 1 fully saturated rings. The van der Waals surface area contributed by atoms with E-state index in [1.807, 2.05) is 30.3 Å². The number of benzene rings is 2. The van der Waals surface area contributed by atoms with Crippen molar-refractivity contribution >= 4 is 11.9 Å². The topological polar surface area (TPSA) is 54.5 Å². The fraction of sp³-hybridized carbons (Fsp3) is 0.273. The predicted octanol–water partition coefficient (Wildman–Crippen LogP) is 2.64. The molecule has 26 heavy (non-hydrogen) atoms. The number of carbonyl (C=O) groups is 1. The first-order valence-corrected chi connectivity index (χ1v) is 8.92. The Kier molecular flexibility index (Phi) is 5.83. The number of nitrogens with zero attached hydrogens (tertiary/aromatic N) is 1.